The number of nitrogens with zero attached hydrogens (tertiary/aromatic N) is 3. The van der Waals surface area contributed by atoms with Crippen LogP contribution in [0.5, 0.6) is 0 Å². The van der Waals surface area contributed by atoms with Gasteiger partial charge in [0.25, 0.3) is 5.91 Å². The van der Waals surface area contributed by atoms with Crippen molar-refractivity contribution in [1.82, 2.24) is 14.7 Å². The van der Waals surface area contributed by atoms with Crippen molar-refractivity contribution in [3.63, 3.8) is 0 Å². The summed E-state index contributed by atoms with van der Waals surface area (Å²) >= 11 is 0. The third kappa shape index (κ3) is 3.27. The van der Waals surface area contributed by atoms with Crippen molar-refractivity contribution in [2.75, 3.05) is 18.8 Å². The van der Waals surface area contributed by atoms with Gasteiger partial charge in [0.2, 0.25) is 0 Å². The van der Waals surface area contributed by atoms with E-state index in [1.54, 1.807) is 23.1 Å². The smallest absolute Gasteiger partial charge is 0.274 e. The van der Waals surface area contributed by atoms with Crippen molar-refractivity contribution in [1.29, 1.82) is 0 Å². The zero-order valence-electron chi connectivity index (χ0n) is 12.9. The Hall–Kier alpha value is -2.37. The Morgan fingerprint density at radius 2 is 1.91 bits per heavy atom. The van der Waals surface area contributed by atoms with E-state index in [-0.39, 0.29) is 23.1 Å². The van der Waals surface area contributed by atoms with Gasteiger partial charge in [-0.05, 0) is 25.0 Å². The molecule has 0 atom stereocenters. The number of para-hydroxylation sites is 1. The highest BCUT2D eigenvalue weighted by molar-refractivity contribution is 5.93. The molecule has 5 nitrogen and oxygen atoms in total. The lowest BCUT2D eigenvalue weighted by Crippen LogP contribution is -2.32. The van der Waals surface area contributed by atoms with Crippen LogP contribution in [0.3, 0.4) is 0 Å². The van der Waals surface area contributed by atoms with Crippen LogP contribution in [0.1, 0.15) is 37.2 Å². The van der Waals surface area contributed by atoms with E-state index in [1.807, 2.05) is 13.8 Å². The zero-order chi connectivity index (χ0) is 16.1. The normalized spacial score (nSPS) is 10.7. The summed E-state index contributed by atoms with van der Waals surface area (Å²) in [6.45, 7) is 5.36. The Bertz CT molecular complexity index is 647. The monoisotopic (exact) mass is 304 g/mol. The lowest BCUT2D eigenvalue weighted by Gasteiger charge is -2.20. The third-order valence-corrected chi connectivity index (χ3v) is 3.31. The first kappa shape index (κ1) is 16.0. The minimum Gasteiger partial charge on any atom is -0.384 e. The fourth-order valence-corrected chi connectivity index (χ4v) is 2.33. The molecule has 1 aromatic carbocycles. The molecule has 1 aromatic heterocycles. The van der Waals surface area contributed by atoms with Crippen molar-refractivity contribution in [2.24, 2.45) is 0 Å². The van der Waals surface area contributed by atoms with Crippen molar-refractivity contribution < 1.29 is 9.18 Å². The number of nitrogens with two attached hydrogens (primary N) is 1. The minimum atomic E-state index is -0.435. The number of halogens is 1. The van der Waals surface area contributed by atoms with E-state index >= 15 is 0 Å². The standard InChI is InChI=1S/C16H21FN4O/c1-3-9-20(10-4-2)16(22)13-11-15(18)21(19-13)14-8-6-5-7-12(14)17/h5-8,11H,3-4,9-10,18H2,1-2H3. The van der Waals surface area contributed by atoms with Crippen LogP contribution in [-0.4, -0.2) is 33.7 Å². The molecule has 6 heteroatoms. The van der Waals surface area contributed by atoms with Crippen LogP contribution < -0.4 is 5.73 Å². The molecule has 2 rings (SSSR count). The van der Waals surface area contributed by atoms with E-state index in [0.29, 0.717) is 13.1 Å². The molecule has 0 aliphatic carbocycles. The lowest BCUT2D eigenvalue weighted by atomic mass is 10.3. The number of carbonyl (C=O) groups excluding carboxylic acids is 1. The number of carbonyl (C=O) groups is 1. The molecule has 0 radical (unpaired) electrons. The van der Waals surface area contributed by atoms with E-state index in [9.17, 15) is 9.18 Å². The average molecular weight is 304 g/mol. The van der Waals surface area contributed by atoms with Crippen LogP contribution in [-0.2, 0) is 0 Å². The van der Waals surface area contributed by atoms with Crippen LogP contribution >= 0.6 is 0 Å². The molecule has 1 amide bonds. The van der Waals surface area contributed by atoms with Crippen LogP contribution in [0.4, 0.5) is 10.2 Å². The average Bonchev–Trinajstić information content (AvgIpc) is 2.88. The molecular formula is C16H21FN4O. The Labute approximate surface area is 129 Å². The first-order valence-corrected chi connectivity index (χ1v) is 7.48. The second-order valence-corrected chi connectivity index (χ2v) is 5.11. The van der Waals surface area contributed by atoms with Gasteiger partial charge in [-0.3, -0.25) is 4.79 Å². The van der Waals surface area contributed by atoms with Crippen LogP contribution in [0.15, 0.2) is 30.3 Å². The van der Waals surface area contributed by atoms with Crippen molar-refractivity contribution >= 4 is 11.7 Å². The lowest BCUT2D eigenvalue weighted by molar-refractivity contribution is 0.0749. The largest absolute Gasteiger partial charge is 0.384 e. The predicted molar refractivity (Wildman–Crippen MR) is 84.4 cm³/mol. The van der Waals surface area contributed by atoms with Gasteiger partial charge in [0.1, 0.15) is 17.3 Å². The van der Waals surface area contributed by atoms with Gasteiger partial charge < -0.3 is 10.6 Å². The molecular weight excluding hydrogens is 283 g/mol. The van der Waals surface area contributed by atoms with Gasteiger partial charge in [0, 0.05) is 19.2 Å². The molecule has 0 unspecified atom stereocenters. The summed E-state index contributed by atoms with van der Waals surface area (Å²) in [6, 6.07) is 7.69. The topological polar surface area (TPSA) is 64.2 Å². The van der Waals surface area contributed by atoms with Gasteiger partial charge in [-0.1, -0.05) is 26.0 Å². The number of anilines is 1. The molecule has 0 fully saturated rings. The molecule has 1 heterocycles. The zero-order valence-corrected chi connectivity index (χ0v) is 12.9. The van der Waals surface area contributed by atoms with Gasteiger partial charge in [0.05, 0.1) is 0 Å². The van der Waals surface area contributed by atoms with Gasteiger partial charge >= 0.3 is 0 Å². The van der Waals surface area contributed by atoms with Gasteiger partial charge in [-0.15, -0.1) is 0 Å². The number of benzene rings is 1. The highest BCUT2D eigenvalue weighted by Gasteiger charge is 2.20. The van der Waals surface area contributed by atoms with E-state index in [4.69, 9.17) is 5.73 Å². The first-order valence-electron chi connectivity index (χ1n) is 7.48. The Balaban J connectivity index is 2.33. The molecule has 22 heavy (non-hydrogen) atoms. The summed E-state index contributed by atoms with van der Waals surface area (Å²) in [7, 11) is 0. The maximum absolute atomic E-state index is 13.9. The fourth-order valence-electron chi connectivity index (χ4n) is 2.33. The molecule has 0 saturated heterocycles. The third-order valence-electron chi connectivity index (χ3n) is 3.31. The van der Waals surface area contributed by atoms with Crippen molar-refractivity contribution in [2.45, 2.75) is 26.7 Å². The molecule has 0 bridgehead atoms. The highest BCUT2D eigenvalue weighted by Crippen LogP contribution is 2.18. The molecule has 2 aromatic rings. The maximum Gasteiger partial charge on any atom is 0.274 e. The number of aromatic nitrogens is 2. The second kappa shape index (κ2) is 7.06. The van der Waals surface area contributed by atoms with Gasteiger partial charge in [-0.2, -0.15) is 5.10 Å². The summed E-state index contributed by atoms with van der Waals surface area (Å²) in [4.78, 5) is 14.3. The predicted octanol–water partition coefficient (Wildman–Crippen LogP) is 2.86. The summed E-state index contributed by atoms with van der Waals surface area (Å²) in [5, 5.41) is 4.19. The second-order valence-electron chi connectivity index (χ2n) is 5.11. The summed E-state index contributed by atoms with van der Waals surface area (Å²) in [5.74, 6) is -0.373. The van der Waals surface area contributed by atoms with E-state index in [0.717, 1.165) is 12.8 Å². The molecule has 0 saturated carbocycles. The van der Waals surface area contributed by atoms with E-state index in [2.05, 4.69) is 5.10 Å². The molecule has 2 N–H and O–H groups in total. The summed E-state index contributed by atoms with van der Waals surface area (Å²) in [6.07, 6.45) is 1.74. The van der Waals surface area contributed by atoms with Crippen molar-refractivity contribution in [3.8, 4) is 5.69 Å². The Morgan fingerprint density at radius 1 is 1.27 bits per heavy atom. The van der Waals surface area contributed by atoms with Gasteiger partial charge in [-0.25, -0.2) is 9.07 Å². The number of hydrogen-bond acceptors (Lipinski definition) is 3. The summed E-state index contributed by atoms with van der Waals surface area (Å²) in [5.41, 5.74) is 6.36. The van der Waals surface area contributed by atoms with Crippen LogP contribution in [0.2, 0.25) is 0 Å². The Kier molecular flexibility index (Phi) is 5.14. The van der Waals surface area contributed by atoms with Gasteiger partial charge in [0.15, 0.2) is 5.69 Å². The van der Waals surface area contributed by atoms with Crippen LogP contribution in [0.25, 0.3) is 5.69 Å². The van der Waals surface area contributed by atoms with E-state index in [1.165, 1.54) is 16.8 Å². The SMILES string of the molecule is CCCN(CCC)C(=O)c1cc(N)n(-c2ccccc2F)n1. The number of amides is 1. The molecule has 0 aliphatic rings. The molecule has 118 valence electrons. The Morgan fingerprint density at radius 3 is 2.50 bits per heavy atom. The first-order chi connectivity index (χ1) is 10.6. The van der Waals surface area contributed by atoms with Crippen LogP contribution in [0, 0.1) is 5.82 Å². The highest BCUT2D eigenvalue weighted by atomic mass is 19.1. The summed E-state index contributed by atoms with van der Waals surface area (Å²) < 4.78 is 15.1. The minimum absolute atomic E-state index is 0.175. The van der Waals surface area contributed by atoms with Crippen molar-refractivity contribution in [3.05, 3.63) is 41.8 Å². The number of rotatable bonds is 6. The number of hydrogen-bond donors (Lipinski definition) is 1. The maximum atomic E-state index is 13.9. The van der Waals surface area contributed by atoms with E-state index < -0.39 is 5.82 Å². The molecule has 0 aliphatic heterocycles. The quantitative estimate of drug-likeness (QED) is 0.892. The fraction of sp³-hybridized carbons (Fsp3) is 0.375. The molecule has 0 spiro atoms. The number of nitrogen functional groups attached to an aromatic ring is 1.